The second-order valence-electron chi connectivity index (χ2n) is 6.26. The summed E-state index contributed by atoms with van der Waals surface area (Å²) in [6.07, 6.45) is 3.65. The van der Waals surface area contributed by atoms with E-state index in [1.165, 1.54) is 6.33 Å². The van der Waals surface area contributed by atoms with Gasteiger partial charge in [0.15, 0.2) is 0 Å². The van der Waals surface area contributed by atoms with Gasteiger partial charge in [-0.1, -0.05) is 0 Å². The number of ether oxygens (including phenoxy) is 1. The molecule has 0 aliphatic carbocycles. The predicted molar refractivity (Wildman–Crippen MR) is 100 cm³/mol. The minimum atomic E-state index is -0.784. The second-order valence-corrected chi connectivity index (χ2v) is 7.20. The Balaban J connectivity index is 1.55. The van der Waals surface area contributed by atoms with Gasteiger partial charge in [-0.3, -0.25) is 4.79 Å². The molecule has 7 nitrogen and oxygen atoms in total. The fourth-order valence-corrected chi connectivity index (χ4v) is 3.23. The Bertz CT molecular complexity index is 856. The molecule has 3 aromatic rings. The zero-order chi connectivity index (χ0) is 18.6. The first kappa shape index (κ1) is 18.1. The highest BCUT2D eigenvalue weighted by Crippen LogP contribution is 2.24. The zero-order valence-corrected chi connectivity index (χ0v) is 15.8. The molecule has 26 heavy (non-hydrogen) atoms. The molecule has 0 atom stereocenters. The van der Waals surface area contributed by atoms with E-state index < -0.39 is 5.54 Å². The fourth-order valence-electron chi connectivity index (χ4n) is 2.42. The van der Waals surface area contributed by atoms with Crippen LogP contribution >= 0.6 is 11.3 Å². The van der Waals surface area contributed by atoms with E-state index in [9.17, 15) is 4.79 Å². The van der Waals surface area contributed by atoms with Gasteiger partial charge in [0, 0.05) is 23.9 Å². The highest BCUT2D eigenvalue weighted by molar-refractivity contribution is 7.09. The zero-order valence-electron chi connectivity index (χ0n) is 15.0. The van der Waals surface area contributed by atoms with Crippen molar-refractivity contribution in [2.24, 2.45) is 0 Å². The van der Waals surface area contributed by atoms with Gasteiger partial charge in [0.2, 0.25) is 5.91 Å². The highest BCUT2D eigenvalue weighted by atomic mass is 32.1. The van der Waals surface area contributed by atoms with Gasteiger partial charge in [-0.15, -0.1) is 11.3 Å². The van der Waals surface area contributed by atoms with Crippen LogP contribution in [0.4, 0.5) is 0 Å². The Morgan fingerprint density at radius 3 is 2.73 bits per heavy atom. The molecule has 0 spiro atoms. The molecule has 8 heteroatoms. The van der Waals surface area contributed by atoms with Crippen molar-refractivity contribution < 1.29 is 9.53 Å². The number of nitrogens with zero attached hydrogens (tertiary/aromatic N) is 4. The van der Waals surface area contributed by atoms with Crippen LogP contribution in [0.5, 0.6) is 5.75 Å². The lowest BCUT2D eigenvalue weighted by molar-refractivity contribution is -0.128. The van der Waals surface area contributed by atoms with Crippen LogP contribution in [0.25, 0.3) is 11.3 Å². The molecule has 0 saturated carbocycles. The molecule has 0 aliphatic rings. The highest BCUT2D eigenvalue weighted by Gasteiger charge is 2.30. The van der Waals surface area contributed by atoms with E-state index in [1.807, 2.05) is 43.5 Å². The van der Waals surface area contributed by atoms with Gasteiger partial charge in [0.05, 0.1) is 17.8 Å². The second kappa shape index (κ2) is 7.65. The van der Waals surface area contributed by atoms with Gasteiger partial charge in [-0.25, -0.2) is 14.6 Å². The quantitative estimate of drug-likeness (QED) is 0.690. The summed E-state index contributed by atoms with van der Waals surface area (Å²) >= 11 is 1.59. The van der Waals surface area contributed by atoms with Gasteiger partial charge >= 0.3 is 0 Å². The number of hydrogen-bond donors (Lipinski definition) is 1. The van der Waals surface area contributed by atoms with Crippen molar-refractivity contribution in [1.82, 2.24) is 25.1 Å². The van der Waals surface area contributed by atoms with Crippen LogP contribution in [0.2, 0.25) is 0 Å². The Labute approximate surface area is 156 Å². The number of benzene rings is 1. The van der Waals surface area contributed by atoms with Crippen LogP contribution in [0.15, 0.2) is 42.3 Å². The number of aromatic nitrogens is 4. The summed E-state index contributed by atoms with van der Waals surface area (Å²) < 4.78 is 6.72. The lowest BCUT2D eigenvalue weighted by atomic mass is 10.1. The first-order valence-electron chi connectivity index (χ1n) is 8.23. The molecule has 1 amide bonds. The van der Waals surface area contributed by atoms with E-state index in [2.05, 4.69) is 20.4 Å². The molecule has 0 saturated heterocycles. The summed E-state index contributed by atoms with van der Waals surface area (Å²) in [5, 5.41) is 10.0. The number of methoxy groups -OCH3 is 1. The van der Waals surface area contributed by atoms with Crippen molar-refractivity contribution in [3.8, 4) is 17.0 Å². The van der Waals surface area contributed by atoms with Crippen molar-refractivity contribution in [3.63, 3.8) is 0 Å². The Hall–Kier alpha value is -2.74. The van der Waals surface area contributed by atoms with Gasteiger partial charge in [0.25, 0.3) is 0 Å². The Kier molecular flexibility index (Phi) is 5.32. The van der Waals surface area contributed by atoms with Gasteiger partial charge in [-0.05, 0) is 38.1 Å². The largest absolute Gasteiger partial charge is 0.497 e. The van der Waals surface area contributed by atoms with E-state index in [1.54, 1.807) is 29.5 Å². The fraction of sp³-hybridized carbons (Fsp3) is 0.333. The number of carbonyl (C=O) groups excluding carboxylic acids is 1. The molecular weight excluding hydrogens is 350 g/mol. The predicted octanol–water partition coefficient (Wildman–Crippen LogP) is 2.50. The van der Waals surface area contributed by atoms with E-state index in [4.69, 9.17) is 4.74 Å². The number of hydrogen-bond acceptors (Lipinski definition) is 6. The van der Waals surface area contributed by atoms with Crippen LogP contribution in [0.1, 0.15) is 18.9 Å². The number of nitrogens with one attached hydrogen (secondary N) is 1. The first-order chi connectivity index (χ1) is 12.5. The van der Waals surface area contributed by atoms with Crippen molar-refractivity contribution in [2.75, 3.05) is 13.7 Å². The molecule has 0 aliphatic heterocycles. The molecule has 136 valence electrons. The average Bonchev–Trinajstić information content (AvgIpc) is 3.34. The molecule has 3 rings (SSSR count). The minimum absolute atomic E-state index is 0.102. The van der Waals surface area contributed by atoms with Gasteiger partial charge in [-0.2, -0.15) is 5.10 Å². The van der Waals surface area contributed by atoms with Crippen molar-refractivity contribution in [2.45, 2.75) is 25.8 Å². The maximum absolute atomic E-state index is 12.4. The summed E-state index contributed by atoms with van der Waals surface area (Å²) in [7, 11) is 1.65. The Morgan fingerprint density at radius 1 is 1.31 bits per heavy atom. The Morgan fingerprint density at radius 2 is 2.08 bits per heavy atom. The molecule has 2 heterocycles. The number of thiazole rings is 1. The number of carbonyl (C=O) groups is 1. The molecule has 0 radical (unpaired) electrons. The standard InChI is InChI=1S/C18H21N5O2S/c1-18(2,23-12-19-11-21-23)17(24)20-9-8-16-22-15(10-26-16)13-4-6-14(25-3)7-5-13/h4-7,10-12H,8-9H2,1-3H3,(H,20,24). The van der Waals surface area contributed by atoms with Crippen molar-refractivity contribution in [3.05, 3.63) is 47.3 Å². The van der Waals surface area contributed by atoms with Crippen LogP contribution in [0, 0.1) is 0 Å². The van der Waals surface area contributed by atoms with Crippen molar-refractivity contribution in [1.29, 1.82) is 0 Å². The van der Waals surface area contributed by atoms with Gasteiger partial charge in [0.1, 0.15) is 23.9 Å². The van der Waals surface area contributed by atoms with Crippen LogP contribution in [-0.4, -0.2) is 39.3 Å². The maximum Gasteiger partial charge on any atom is 0.247 e. The SMILES string of the molecule is COc1ccc(-c2csc(CCNC(=O)C(C)(C)n3cncn3)n2)cc1. The van der Waals surface area contributed by atoms with Crippen LogP contribution in [-0.2, 0) is 16.8 Å². The third-order valence-corrected chi connectivity index (χ3v) is 5.02. The molecule has 0 unspecified atom stereocenters. The minimum Gasteiger partial charge on any atom is -0.497 e. The molecule has 0 fully saturated rings. The summed E-state index contributed by atoms with van der Waals surface area (Å²) in [6.45, 7) is 4.14. The molecule has 1 aromatic carbocycles. The lowest BCUT2D eigenvalue weighted by Gasteiger charge is -2.23. The third kappa shape index (κ3) is 3.91. The number of amides is 1. The first-order valence-corrected chi connectivity index (χ1v) is 9.11. The summed E-state index contributed by atoms with van der Waals surface area (Å²) in [5.41, 5.74) is 1.19. The van der Waals surface area contributed by atoms with E-state index >= 15 is 0 Å². The number of rotatable bonds is 7. The average molecular weight is 371 g/mol. The van der Waals surface area contributed by atoms with Crippen LogP contribution in [0.3, 0.4) is 0 Å². The molecule has 2 aromatic heterocycles. The van der Waals surface area contributed by atoms with Gasteiger partial charge < -0.3 is 10.1 Å². The summed E-state index contributed by atoms with van der Waals surface area (Å²) in [4.78, 5) is 21.0. The normalized spacial score (nSPS) is 11.3. The van der Waals surface area contributed by atoms with E-state index in [-0.39, 0.29) is 5.91 Å². The van der Waals surface area contributed by atoms with E-state index in [0.717, 1.165) is 22.0 Å². The molecule has 0 bridgehead atoms. The summed E-state index contributed by atoms with van der Waals surface area (Å²) in [5.74, 6) is 0.719. The lowest BCUT2D eigenvalue weighted by Crippen LogP contribution is -2.45. The van der Waals surface area contributed by atoms with E-state index in [0.29, 0.717) is 13.0 Å². The molecular formula is C18H21N5O2S. The maximum atomic E-state index is 12.4. The van der Waals surface area contributed by atoms with Crippen molar-refractivity contribution >= 4 is 17.2 Å². The smallest absolute Gasteiger partial charge is 0.247 e. The monoisotopic (exact) mass is 371 g/mol. The molecule has 1 N–H and O–H groups in total. The topological polar surface area (TPSA) is 81.9 Å². The van der Waals surface area contributed by atoms with Crippen LogP contribution < -0.4 is 10.1 Å². The summed E-state index contributed by atoms with van der Waals surface area (Å²) in [6, 6.07) is 7.81. The third-order valence-electron chi connectivity index (χ3n) is 4.11.